The maximum Gasteiger partial charge on any atom is 0.0587 e. The fourth-order valence-electron chi connectivity index (χ4n) is 0.763. The maximum absolute atomic E-state index is 5.96. The lowest BCUT2D eigenvalue weighted by atomic mass is 10.3. The topological polar surface area (TPSA) is 12.0 Å². The van der Waals surface area contributed by atoms with Crippen molar-refractivity contribution >= 4 is 22.9 Å². The van der Waals surface area contributed by atoms with Gasteiger partial charge in [0.15, 0.2) is 0 Å². The molecule has 0 aromatic carbocycles. The molecule has 1 N–H and O–H groups in total. The van der Waals surface area contributed by atoms with Crippen molar-refractivity contribution in [1.82, 2.24) is 5.32 Å². The van der Waals surface area contributed by atoms with Gasteiger partial charge in [-0.3, -0.25) is 0 Å². The van der Waals surface area contributed by atoms with Gasteiger partial charge in [0.05, 0.1) is 5.02 Å². The van der Waals surface area contributed by atoms with E-state index < -0.39 is 0 Å². The Labute approximate surface area is 70.0 Å². The van der Waals surface area contributed by atoms with E-state index in [1.54, 1.807) is 11.3 Å². The molecule has 56 valence electrons. The first kappa shape index (κ1) is 8.05. The highest BCUT2D eigenvalue weighted by atomic mass is 35.5. The molecule has 0 saturated carbocycles. The number of rotatable bonds is 2. The van der Waals surface area contributed by atoms with Gasteiger partial charge in [0.25, 0.3) is 0 Å². The number of aryl methyl sites for hydroxylation is 1. The number of halogens is 1. The predicted octanol–water partition coefficient (Wildman–Crippen LogP) is 2.43. The molecular formula is C7H10ClNS. The molecule has 0 aliphatic rings. The van der Waals surface area contributed by atoms with Crippen molar-refractivity contribution in [3.63, 3.8) is 0 Å². The number of nitrogens with one attached hydrogen (secondary N) is 1. The molecule has 3 heteroatoms. The van der Waals surface area contributed by atoms with Crippen LogP contribution in [0, 0.1) is 6.92 Å². The fraction of sp³-hybridized carbons (Fsp3) is 0.429. The van der Waals surface area contributed by atoms with Gasteiger partial charge in [-0.25, -0.2) is 0 Å². The van der Waals surface area contributed by atoms with Crippen molar-refractivity contribution in [2.45, 2.75) is 13.5 Å². The van der Waals surface area contributed by atoms with Crippen LogP contribution in [0.3, 0.4) is 0 Å². The van der Waals surface area contributed by atoms with Crippen LogP contribution in [-0.4, -0.2) is 7.05 Å². The Morgan fingerprint density at radius 1 is 1.70 bits per heavy atom. The standard InChI is InChI=1S/C7H10ClNS/c1-5-4-10-6(3-9-2)7(5)8/h4,9H,3H2,1-2H3. The van der Waals surface area contributed by atoms with E-state index in [1.807, 2.05) is 14.0 Å². The molecule has 0 spiro atoms. The minimum Gasteiger partial charge on any atom is -0.315 e. The highest BCUT2D eigenvalue weighted by Crippen LogP contribution is 2.26. The second-order valence-corrected chi connectivity index (χ2v) is 3.53. The van der Waals surface area contributed by atoms with E-state index >= 15 is 0 Å². The predicted molar refractivity (Wildman–Crippen MR) is 46.8 cm³/mol. The zero-order valence-corrected chi connectivity index (χ0v) is 7.64. The van der Waals surface area contributed by atoms with E-state index in [1.165, 1.54) is 10.4 Å². The van der Waals surface area contributed by atoms with Gasteiger partial charge in [0.2, 0.25) is 0 Å². The van der Waals surface area contributed by atoms with Crippen LogP contribution in [0.25, 0.3) is 0 Å². The Morgan fingerprint density at radius 3 is 2.80 bits per heavy atom. The first-order valence-electron chi connectivity index (χ1n) is 3.12. The first-order valence-corrected chi connectivity index (χ1v) is 4.38. The lowest BCUT2D eigenvalue weighted by molar-refractivity contribution is 0.831. The summed E-state index contributed by atoms with van der Waals surface area (Å²) in [4.78, 5) is 1.22. The number of hydrogen-bond donors (Lipinski definition) is 1. The van der Waals surface area contributed by atoms with Crippen molar-refractivity contribution < 1.29 is 0 Å². The fourth-order valence-corrected chi connectivity index (χ4v) is 2.01. The normalized spacial score (nSPS) is 10.3. The second kappa shape index (κ2) is 3.37. The summed E-state index contributed by atoms with van der Waals surface area (Å²) in [5.41, 5.74) is 1.18. The summed E-state index contributed by atoms with van der Waals surface area (Å²) in [5.74, 6) is 0. The van der Waals surface area contributed by atoms with Crippen molar-refractivity contribution in [3.8, 4) is 0 Å². The summed E-state index contributed by atoms with van der Waals surface area (Å²) >= 11 is 7.66. The van der Waals surface area contributed by atoms with Crippen LogP contribution < -0.4 is 5.32 Å². The Bertz CT molecular complexity index is 219. The van der Waals surface area contributed by atoms with Gasteiger partial charge >= 0.3 is 0 Å². The summed E-state index contributed by atoms with van der Waals surface area (Å²) in [6.07, 6.45) is 0. The molecule has 0 fully saturated rings. The molecule has 0 atom stereocenters. The third-order valence-electron chi connectivity index (χ3n) is 1.31. The third kappa shape index (κ3) is 1.51. The third-order valence-corrected chi connectivity index (χ3v) is 3.05. The summed E-state index contributed by atoms with van der Waals surface area (Å²) in [6, 6.07) is 0. The van der Waals surface area contributed by atoms with Crippen molar-refractivity contribution in [1.29, 1.82) is 0 Å². The lowest BCUT2D eigenvalue weighted by Crippen LogP contribution is -2.03. The minimum atomic E-state index is 0.872. The molecule has 0 bridgehead atoms. The van der Waals surface area contributed by atoms with E-state index in [4.69, 9.17) is 11.6 Å². The van der Waals surface area contributed by atoms with Gasteiger partial charge in [-0.05, 0) is 24.9 Å². The van der Waals surface area contributed by atoms with Gasteiger partial charge in [0, 0.05) is 11.4 Å². The highest BCUT2D eigenvalue weighted by molar-refractivity contribution is 7.10. The number of thiophene rings is 1. The summed E-state index contributed by atoms with van der Waals surface area (Å²) in [5, 5.41) is 6.06. The smallest absolute Gasteiger partial charge is 0.0587 e. The largest absolute Gasteiger partial charge is 0.315 e. The maximum atomic E-state index is 5.96. The quantitative estimate of drug-likeness (QED) is 0.728. The van der Waals surface area contributed by atoms with Crippen LogP contribution in [-0.2, 0) is 6.54 Å². The van der Waals surface area contributed by atoms with E-state index in [0.29, 0.717) is 0 Å². The van der Waals surface area contributed by atoms with Crippen LogP contribution in [0.5, 0.6) is 0 Å². The second-order valence-electron chi connectivity index (χ2n) is 2.19. The van der Waals surface area contributed by atoms with Crippen molar-refractivity contribution in [3.05, 3.63) is 20.8 Å². The highest BCUT2D eigenvalue weighted by Gasteiger charge is 2.03. The van der Waals surface area contributed by atoms with Gasteiger partial charge in [-0.1, -0.05) is 11.6 Å². The number of hydrogen-bond acceptors (Lipinski definition) is 2. The monoisotopic (exact) mass is 175 g/mol. The molecule has 1 heterocycles. The molecule has 0 unspecified atom stereocenters. The average molecular weight is 176 g/mol. The van der Waals surface area contributed by atoms with Crippen molar-refractivity contribution in [2.75, 3.05) is 7.05 Å². The van der Waals surface area contributed by atoms with E-state index in [2.05, 4.69) is 10.7 Å². The average Bonchev–Trinajstić information content (AvgIpc) is 2.20. The van der Waals surface area contributed by atoms with Crippen molar-refractivity contribution in [2.24, 2.45) is 0 Å². The molecule has 0 aliphatic carbocycles. The van der Waals surface area contributed by atoms with Crippen LogP contribution >= 0.6 is 22.9 Å². The Balaban J connectivity index is 2.83. The van der Waals surface area contributed by atoms with Crippen LogP contribution in [0.2, 0.25) is 5.02 Å². The van der Waals surface area contributed by atoms with Crippen LogP contribution in [0.4, 0.5) is 0 Å². The molecule has 0 saturated heterocycles. The molecule has 1 aromatic heterocycles. The van der Waals surface area contributed by atoms with Gasteiger partial charge in [-0.15, -0.1) is 11.3 Å². The molecule has 1 rings (SSSR count). The first-order chi connectivity index (χ1) is 4.75. The Hall–Kier alpha value is -0.0500. The van der Waals surface area contributed by atoms with E-state index in [-0.39, 0.29) is 0 Å². The molecule has 10 heavy (non-hydrogen) atoms. The summed E-state index contributed by atoms with van der Waals surface area (Å²) in [7, 11) is 1.92. The molecular weight excluding hydrogens is 166 g/mol. The lowest BCUT2D eigenvalue weighted by Gasteiger charge is -1.94. The summed E-state index contributed by atoms with van der Waals surface area (Å²) in [6.45, 7) is 2.90. The minimum absolute atomic E-state index is 0.872. The van der Waals surface area contributed by atoms with Gasteiger partial charge < -0.3 is 5.32 Å². The molecule has 1 aromatic rings. The molecule has 1 nitrogen and oxygen atoms in total. The van der Waals surface area contributed by atoms with Crippen LogP contribution in [0.1, 0.15) is 10.4 Å². The van der Waals surface area contributed by atoms with E-state index in [9.17, 15) is 0 Å². The molecule has 0 amide bonds. The van der Waals surface area contributed by atoms with Gasteiger partial charge in [0.1, 0.15) is 0 Å². The van der Waals surface area contributed by atoms with Gasteiger partial charge in [-0.2, -0.15) is 0 Å². The molecule has 0 radical (unpaired) electrons. The SMILES string of the molecule is CNCc1scc(C)c1Cl. The Morgan fingerprint density at radius 2 is 2.40 bits per heavy atom. The van der Waals surface area contributed by atoms with Crippen LogP contribution in [0.15, 0.2) is 5.38 Å². The summed E-state index contributed by atoms with van der Waals surface area (Å²) < 4.78 is 0. The molecule has 0 aliphatic heterocycles. The Kier molecular flexibility index (Phi) is 2.72. The van der Waals surface area contributed by atoms with E-state index in [0.717, 1.165) is 11.6 Å². The zero-order chi connectivity index (χ0) is 7.56. The zero-order valence-electron chi connectivity index (χ0n) is 6.07.